The number of ether oxygens (including phenoxy) is 1. The van der Waals surface area contributed by atoms with Crippen LogP contribution >= 0.6 is 0 Å². The van der Waals surface area contributed by atoms with E-state index in [4.69, 9.17) is 4.74 Å². The molecule has 3 heteroatoms. The fourth-order valence-electron chi connectivity index (χ4n) is 2.96. The Hall–Kier alpha value is -0.900. The van der Waals surface area contributed by atoms with E-state index in [1.807, 2.05) is 0 Å². The molecule has 1 aliphatic rings. The summed E-state index contributed by atoms with van der Waals surface area (Å²) in [5.74, 6) is 0. The molecule has 1 aromatic rings. The third-order valence-corrected chi connectivity index (χ3v) is 4.08. The van der Waals surface area contributed by atoms with Crippen LogP contribution in [0.3, 0.4) is 0 Å². The van der Waals surface area contributed by atoms with Crippen LogP contribution in [0.25, 0.3) is 0 Å². The highest BCUT2D eigenvalue weighted by molar-refractivity contribution is 5.14. The number of hydrogen-bond donors (Lipinski definition) is 1. The van der Waals surface area contributed by atoms with Gasteiger partial charge in [-0.3, -0.25) is 0 Å². The lowest BCUT2D eigenvalue weighted by atomic mass is 10.0. The molecule has 0 radical (unpaired) electrons. The average Bonchev–Trinajstić information content (AvgIpc) is 2.48. The summed E-state index contributed by atoms with van der Waals surface area (Å²) >= 11 is 0. The zero-order valence-electron chi connectivity index (χ0n) is 12.8. The van der Waals surface area contributed by atoms with E-state index in [0.717, 1.165) is 6.61 Å². The average molecular weight is 276 g/mol. The largest absolute Gasteiger partial charge is 0.383 e. The lowest BCUT2D eigenvalue weighted by Crippen LogP contribution is -2.46. The first-order valence-corrected chi connectivity index (χ1v) is 7.79. The normalized spacial score (nSPS) is 19.1. The summed E-state index contributed by atoms with van der Waals surface area (Å²) in [6.07, 6.45) is 3.67. The maximum atomic E-state index is 5.18. The molecule has 0 saturated carbocycles. The number of methoxy groups -OCH3 is 1. The monoisotopic (exact) mass is 276 g/mol. The number of nitrogens with one attached hydrogen (secondary N) is 1. The molecule has 1 atom stereocenters. The second-order valence-electron chi connectivity index (χ2n) is 5.87. The van der Waals surface area contributed by atoms with Gasteiger partial charge in [-0.1, -0.05) is 30.3 Å². The minimum Gasteiger partial charge on any atom is -0.383 e. The summed E-state index contributed by atoms with van der Waals surface area (Å²) in [6, 6.07) is 11.9. The quantitative estimate of drug-likeness (QED) is 0.827. The van der Waals surface area contributed by atoms with E-state index in [9.17, 15) is 0 Å². The Balaban J connectivity index is 1.64. The third kappa shape index (κ3) is 5.23. The number of piperidine rings is 1. The minimum atomic E-state index is 0.459. The molecule has 1 aromatic carbocycles. The van der Waals surface area contributed by atoms with E-state index >= 15 is 0 Å². The van der Waals surface area contributed by atoms with Crippen molar-refractivity contribution in [3.8, 4) is 0 Å². The lowest BCUT2D eigenvalue weighted by molar-refractivity contribution is 0.147. The Labute approximate surface area is 123 Å². The summed E-state index contributed by atoms with van der Waals surface area (Å²) in [4.78, 5) is 2.59. The predicted octanol–water partition coefficient (Wildman–Crippen LogP) is 2.32. The molecule has 112 valence electrons. The predicted molar refractivity (Wildman–Crippen MR) is 84.1 cm³/mol. The zero-order chi connectivity index (χ0) is 14.2. The fourth-order valence-corrected chi connectivity index (χ4v) is 2.96. The standard InChI is InChI=1S/C17H28N2O/c1-15(14-20-2)18-17-9-12-19(13-10-17)11-8-16-6-4-3-5-7-16/h3-7,15,17-18H,8-14H2,1-2H3. The van der Waals surface area contributed by atoms with Crippen LogP contribution in [0.2, 0.25) is 0 Å². The van der Waals surface area contributed by atoms with Crippen LogP contribution in [0.5, 0.6) is 0 Å². The van der Waals surface area contributed by atoms with Crippen LogP contribution in [-0.2, 0) is 11.2 Å². The molecule has 3 nitrogen and oxygen atoms in total. The minimum absolute atomic E-state index is 0.459. The number of nitrogens with zero attached hydrogens (tertiary/aromatic N) is 1. The summed E-state index contributed by atoms with van der Waals surface area (Å²) in [5, 5.41) is 3.66. The Kier molecular flexibility index (Phi) is 6.51. The van der Waals surface area contributed by atoms with Crippen molar-refractivity contribution in [2.75, 3.05) is 33.4 Å². The number of likely N-dealkylation sites (tertiary alicyclic amines) is 1. The fraction of sp³-hybridized carbons (Fsp3) is 0.647. The van der Waals surface area contributed by atoms with Crippen molar-refractivity contribution in [1.29, 1.82) is 0 Å². The topological polar surface area (TPSA) is 24.5 Å². The molecule has 20 heavy (non-hydrogen) atoms. The highest BCUT2D eigenvalue weighted by Gasteiger charge is 2.19. The van der Waals surface area contributed by atoms with Crippen LogP contribution < -0.4 is 5.32 Å². The van der Waals surface area contributed by atoms with Crippen molar-refractivity contribution in [3.05, 3.63) is 35.9 Å². The van der Waals surface area contributed by atoms with Crippen molar-refractivity contribution >= 4 is 0 Å². The van der Waals surface area contributed by atoms with Gasteiger partial charge in [-0.15, -0.1) is 0 Å². The van der Waals surface area contributed by atoms with Crippen LogP contribution in [0.4, 0.5) is 0 Å². The van der Waals surface area contributed by atoms with Gasteiger partial charge in [-0.05, 0) is 44.8 Å². The van der Waals surface area contributed by atoms with Gasteiger partial charge in [0.15, 0.2) is 0 Å². The molecule has 0 spiro atoms. The van der Waals surface area contributed by atoms with Crippen LogP contribution in [-0.4, -0.2) is 50.3 Å². The highest BCUT2D eigenvalue weighted by atomic mass is 16.5. The van der Waals surface area contributed by atoms with Gasteiger partial charge >= 0.3 is 0 Å². The van der Waals surface area contributed by atoms with E-state index in [1.54, 1.807) is 7.11 Å². The molecule has 1 aliphatic heterocycles. The molecular formula is C17H28N2O. The van der Waals surface area contributed by atoms with Gasteiger partial charge < -0.3 is 15.0 Å². The Morgan fingerprint density at radius 3 is 2.60 bits per heavy atom. The summed E-state index contributed by atoms with van der Waals surface area (Å²) in [5.41, 5.74) is 1.45. The molecule has 1 saturated heterocycles. The molecule has 1 unspecified atom stereocenters. The van der Waals surface area contributed by atoms with E-state index in [1.165, 1.54) is 44.5 Å². The molecule has 1 N–H and O–H groups in total. The van der Waals surface area contributed by atoms with Crippen LogP contribution in [0.15, 0.2) is 30.3 Å². The van der Waals surface area contributed by atoms with Crippen molar-refractivity contribution < 1.29 is 4.74 Å². The Morgan fingerprint density at radius 2 is 1.95 bits per heavy atom. The molecule has 0 bridgehead atoms. The zero-order valence-corrected chi connectivity index (χ0v) is 12.8. The number of benzene rings is 1. The van der Waals surface area contributed by atoms with Gasteiger partial charge in [0.25, 0.3) is 0 Å². The maximum Gasteiger partial charge on any atom is 0.0613 e. The number of hydrogen-bond acceptors (Lipinski definition) is 3. The van der Waals surface area contributed by atoms with Gasteiger partial charge in [-0.25, -0.2) is 0 Å². The van der Waals surface area contributed by atoms with Crippen LogP contribution in [0, 0.1) is 0 Å². The molecule has 0 aliphatic carbocycles. The molecule has 2 rings (SSSR count). The third-order valence-electron chi connectivity index (χ3n) is 4.08. The SMILES string of the molecule is COCC(C)NC1CCN(CCc2ccccc2)CC1. The van der Waals surface area contributed by atoms with Gasteiger partial charge in [0.1, 0.15) is 0 Å². The first kappa shape index (κ1) is 15.5. The smallest absolute Gasteiger partial charge is 0.0613 e. The summed E-state index contributed by atoms with van der Waals surface area (Å²) < 4.78 is 5.18. The first-order chi connectivity index (χ1) is 9.78. The van der Waals surface area contributed by atoms with Gasteiger partial charge in [0, 0.05) is 25.7 Å². The van der Waals surface area contributed by atoms with E-state index in [0.29, 0.717) is 12.1 Å². The Bertz CT molecular complexity index is 361. The second kappa shape index (κ2) is 8.40. The molecule has 1 heterocycles. The number of rotatable bonds is 7. The van der Waals surface area contributed by atoms with Crippen molar-refractivity contribution in [3.63, 3.8) is 0 Å². The van der Waals surface area contributed by atoms with Crippen molar-refractivity contribution in [2.45, 2.75) is 38.3 Å². The highest BCUT2D eigenvalue weighted by Crippen LogP contribution is 2.12. The summed E-state index contributed by atoms with van der Waals surface area (Å²) in [6.45, 7) is 6.61. The van der Waals surface area contributed by atoms with Gasteiger partial charge in [0.05, 0.1) is 6.61 Å². The van der Waals surface area contributed by atoms with Crippen molar-refractivity contribution in [1.82, 2.24) is 10.2 Å². The van der Waals surface area contributed by atoms with E-state index in [2.05, 4.69) is 47.5 Å². The second-order valence-corrected chi connectivity index (χ2v) is 5.87. The van der Waals surface area contributed by atoms with Gasteiger partial charge in [0.2, 0.25) is 0 Å². The first-order valence-electron chi connectivity index (χ1n) is 7.79. The Morgan fingerprint density at radius 1 is 1.25 bits per heavy atom. The van der Waals surface area contributed by atoms with E-state index < -0.39 is 0 Å². The molecule has 0 aromatic heterocycles. The maximum absolute atomic E-state index is 5.18. The summed E-state index contributed by atoms with van der Waals surface area (Å²) in [7, 11) is 1.77. The van der Waals surface area contributed by atoms with E-state index in [-0.39, 0.29) is 0 Å². The molecule has 0 amide bonds. The molecule has 1 fully saturated rings. The lowest BCUT2D eigenvalue weighted by Gasteiger charge is -2.33. The van der Waals surface area contributed by atoms with Gasteiger partial charge in [-0.2, -0.15) is 0 Å². The molecular weight excluding hydrogens is 248 g/mol. The van der Waals surface area contributed by atoms with Crippen molar-refractivity contribution in [2.24, 2.45) is 0 Å². The van der Waals surface area contributed by atoms with Crippen LogP contribution in [0.1, 0.15) is 25.3 Å².